The van der Waals surface area contributed by atoms with Gasteiger partial charge in [0, 0.05) is 45.3 Å². The first-order valence-electron chi connectivity index (χ1n) is 9.03. The highest BCUT2D eigenvalue weighted by atomic mass is 35.5. The average molecular weight is 412 g/mol. The van der Waals surface area contributed by atoms with E-state index >= 15 is 0 Å². The van der Waals surface area contributed by atoms with Crippen molar-refractivity contribution < 1.29 is 14.3 Å². The van der Waals surface area contributed by atoms with Gasteiger partial charge < -0.3 is 14.5 Å². The van der Waals surface area contributed by atoms with E-state index in [2.05, 4.69) is 4.90 Å². The highest BCUT2D eigenvalue weighted by Crippen LogP contribution is 2.26. The molecule has 0 aromatic heterocycles. The van der Waals surface area contributed by atoms with Crippen LogP contribution in [-0.4, -0.2) is 85.5 Å². The van der Waals surface area contributed by atoms with Crippen molar-refractivity contribution >= 4 is 41.1 Å². The van der Waals surface area contributed by atoms with Gasteiger partial charge in [0.25, 0.3) is 0 Å². The summed E-state index contributed by atoms with van der Waals surface area (Å²) in [6.07, 6.45) is 3.18. The molecule has 2 fully saturated rings. The second kappa shape index (κ2) is 9.55. The number of halogens is 2. The van der Waals surface area contributed by atoms with E-state index in [-0.39, 0.29) is 11.8 Å². The van der Waals surface area contributed by atoms with E-state index < -0.39 is 0 Å². The maximum atomic E-state index is 12.4. The Bertz CT molecular complexity index is 712. The number of morpholine rings is 1. The first kappa shape index (κ1) is 20.1. The number of carbonyl (C=O) groups is 2. The molecule has 1 aromatic carbocycles. The van der Waals surface area contributed by atoms with Crippen molar-refractivity contribution in [3.05, 3.63) is 39.9 Å². The number of piperazine rings is 1. The Morgan fingerprint density at radius 1 is 1.00 bits per heavy atom. The number of hydrogen-bond donors (Lipinski definition) is 0. The van der Waals surface area contributed by atoms with Crippen LogP contribution in [0.15, 0.2) is 24.3 Å². The fourth-order valence-corrected chi connectivity index (χ4v) is 3.51. The fourth-order valence-electron chi connectivity index (χ4n) is 3.14. The van der Waals surface area contributed by atoms with Crippen LogP contribution in [0.2, 0.25) is 10.0 Å². The fraction of sp³-hybridized carbons (Fsp3) is 0.474. The van der Waals surface area contributed by atoms with Crippen molar-refractivity contribution in [2.45, 2.75) is 0 Å². The van der Waals surface area contributed by atoms with Crippen LogP contribution in [-0.2, 0) is 14.3 Å². The van der Waals surface area contributed by atoms with E-state index in [0.717, 1.165) is 13.1 Å². The number of ether oxygens (including phenoxy) is 1. The molecule has 146 valence electrons. The SMILES string of the molecule is O=C(/C=C/c1cccc(Cl)c1Cl)N1CCN(C(=O)CN2CCOCC2)CC1. The second-order valence-corrected chi connectivity index (χ2v) is 7.36. The molecule has 0 N–H and O–H groups in total. The molecule has 0 radical (unpaired) electrons. The number of benzene rings is 1. The molecule has 2 amide bonds. The van der Waals surface area contributed by atoms with Crippen molar-refractivity contribution in [2.24, 2.45) is 0 Å². The van der Waals surface area contributed by atoms with Crippen molar-refractivity contribution in [3.8, 4) is 0 Å². The van der Waals surface area contributed by atoms with Gasteiger partial charge in [-0.1, -0.05) is 35.3 Å². The van der Waals surface area contributed by atoms with Gasteiger partial charge in [0.05, 0.1) is 29.8 Å². The molecule has 0 saturated carbocycles. The second-order valence-electron chi connectivity index (χ2n) is 6.57. The Morgan fingerprint density at radius 2 is 1.67 bits per heavy atom. The largest absolute Gasteiger partial charge is 0.379 e. The van der Waals surface area contributed by atoms with Gasteiger partial charge in [-0.3, -0.25) is 14.5 Å². The monoisotopic (exact) mass is 411 g/mol. The van der Waals surface area contributed by atoms with E-state index in [1.54, 1.807) is 29.2 Å². The molecule has 1 aromatic rings. The molecule has 0 aliphatic carbocycles. The first-order valence-corrected chi connectivity index (χ1v) is 9.79. The van der Waals surface area contributed by atoms with Gasteiger partial charge >= 0.3 is 0 Å². The number of amides is 2. The minimum Gasteiger partial charge on any atom is -0.379 e. The van der Waals surface area contributed by atoms with Gasteiger partial charge in [0.1, 0.15) is 0 Å². The lowest BCUT2D eigenvalue weighted by molar-refractivity contribution is -0.138. The van der Waals surface area contributed by atoms with Gasteiger partial charge in [-0.15, -0.1) is 0 Å². The summed E-state index contributed by atoms with van der Waals surface area (Å²) in [6.45, 7) is 5.54. The van der Waals surface area contributed by atoms with Crippen LogP contribution in [0.5, 0.6) is 0 Å². The molecule has 27 heavy (non-hydrogen) atoms. The summed E-state index contributed by atoms with van der Waals surface area (Å²) in [7, 11) is 0. The number of rotatable bonds is 4. The number of carbonyl (C=O) groups excluding carboxylic acids is 2. The Balaban J connectivity index is 1.48. The van der Waals surface area contributed by atoms with E-state index in [1.807, 2.05) is 4.90 Å². The van der Waals surface area contributed by atoms with Crippen LogP contribution in [0.4, 0.5) is 0 Å². The molecule has 8 heteroatoms. The predicted molar refractivity (Wildman–Crippen MR) is 106 cm³/mol. The maximum absolute atomic E-state index is 12.4. The predicted octanol–water partition coefficient (Wildman–Crippen LogP) is 2.01. The molecule has 3 rings (SSSR count). The Morgan fingerprint density at radius 3 is 2.37 bits per heavy atom. The van der Waals surface area contributed by atoms with Gasteiger partial charge in [0.15, 0.2) is 0 Å². The molecular formula is C19H23Cl2N3O3. The molecule has 0 unspecified atom stereocenters. The van der Waals surface area contributed by atoms with Gasteiger partial charge in [-0.05, 0) is 17.7 Å². The molecule has 2 saturated heterocycles. The van der Waals surface area contributed by atoms with E-state index in [9.17, 15) is 9.59 Å². The first-order chi connectivity index (χ1) is 13.0. The third-order valence-electron chi connectivity index (χ3n) is 4.79. The van der Waals surface area contributed by atoms with Crippen molar-refractivity contribution in [1.82, 2.24) is 14.7 Å². The van der Waals surface area contributed by atoms with Crippen LogP contribution >= 0.6 is 23.2 Å². The summed E-state index contributed by atoms with van der Waals surface area (Å²) in [4.78, 5) is 30.5. The molecule has 2 aliphatic heterocycles. The summed E-state index contributed by atoms with van der Waals surface area (Å²) < 4.78 is 5.30. The molecule has 0 spiro atoms. The topological polar surface area (TPSA) is 53.1 Å². The van der Waals surface area contributed by atoms with E-state index in [4.69, 9.17) is 27.9 Å². The summed E-state index contributed by atoms with van der Waals surface area (Å²) >= 11 is 12.1. The normalized spacial score (nSPS) is 18.9. The van der Waals surface area contributed by atoms with Crippen LogP contribution in [0.3, 0.4) is 0 Å². The molecule has 6 nitrogen and oxygen atoms in total. The Hall–Kier alpha value is -1.60. The molecule has 2 heterocycles. The highest BCUT2D eigenvalue weighted by Gasteiger charge is 2.24. The quantitative estimate of drug-likeness (QED) is 0.711. The molecular weight excluding hydrogens is 389 g/mol. The van der Waals surface area contributed by atoms with Crippen molar-refractivity contribution in [2.75, 3.05) is 59.0 Å². The van der Waals surface area contributed by atoms with Gasteiger partial charge in [-0.25, -0.2) is 0 Å². The smallest absolute Gasteiger partial charge is 0.246 e. The zero-order valence-corrected chi connectivity index (χ0v) is 16.6. The van der Waals surface area contributed by atoms with Gasteiger partial charge in [0.2, 0.25) is 11.8 Å². The zero-order valence-electron chi connectivity index (χ0n) is 15.1. The third kappa shape index (κ3) is 5.45. The minimum absolute atomic E-state index is 0.0914. The zero-order chi connectivity index (χ0) is 19.2. The minimum atomic E-state index is -0.0914. The maximum Gasteiger partial charge on any atom is 0.246 e. The van der Waals surface area contributed by atoms with Crippen molar-refractivity contribution in [3.63, 3.8) is 0 Å². The van der Waals surface area contributed by atoms with Crippen LogP contribution in [0.25, 0.3) is 6.08 Å². The van der Waals surface area contributed by atoms with Gasteiger partial charge in [-0.2, -0.15) is 0 Å². The third-order valence-corrected chi connectivity index (χ3v) is 5.63. The van der Waals surface area contributed by atoms with Crippen LogP contribution in [0, 0.1) is 0 Å². The average Bonchev–Trinajstić information content (AvgIpc) is 2.70. The van der Waals surface area contributed by atoms with E-state index in [1.165, 1.54) is 6.08 Å². The molecule has 2 aliphatic rings. The summed E-state index contributed by atoms with van der Waals surface area (Å²) in [5.74, 6) is 0.0246. The summed E-state index contributed by atoms with van der Waals surface area (Å²) in [5.41, 5.74) is 0.705. The molecule has 0 atom stereocenters. The highest BCUT2D eigenvalue weighted by molar-refractivity contribution is 6.42. The lowest BCUT2D eigenvalue weighted by Crippen LogP contribution is -2.53. The standard InChI is InChI=1S/C19H23Cl2N3O3/c20-16-3-1-2-15(19(16)21)4-5-17(25)23-6-8-24(9-7-23)18(26)14-22-10-12-27-13-11-22/h1-5H,6-14H2/b5-4+. The molecule has 0 bridgehead atoms. The van der Waals surface area contributed by atoms with E-state index in [0.29, 0.717) is 61.5 Å². The summed E-state index contributed by atoms with van der Waals surface area (Å²) in [6, 6.07) is 5.30. The van der Waals surface area contributed by atoms with Crippen LogP contribution < -0.4 is 0 Å². The van der Waals surface area contributed by atoms with Crippen LogP contribution in [0.1, 0.15) is 5.56 Å². The Labute approximate surface area is 169 Å². The number of hydrogen-bond acceptors (Lipinski definition) is 4. The lowest BCUT2D eigenvalue weighted by Gasteiger charge is -2.36. The summed E-state index contributed by atoms with van der Waals surface area (Å²) in [5, 5.41) is 0.889. The number of nitrogens with zero attached hydrogens (tertiary/aromatic N) is 3. The lowest BCUT2D eigenvalue weighted by atomic mass is 10.2. The van der Waals surface area contributed by atoms with Crippen molar-refractivity contribution in [1.29, 1.82) is 0 Å². The Kier molecular flexibility index (Phi) is 7.13.